The van der Waals surface area contributed by atoms with Crippen LogP contribution in [0.25, 0.3) is 0 Å². The first-order chi connectivity index (χ1) is 9.78. The predicted octanol–water partition coefficient (Wildman–Crippen LogP) is 3.22. The number of anilines is 1. The highest BCUT2D eigenvalue weighted by Gasteiger charge is 2.24. The number of rotatable bonds is 3. The highest BCUT2D eigenvalue weighted by atomic mass is 35.5. The summed E-state index contributed by atoms with van der Waals surface area (Å²) in [6, 6.07) is 14.3. The van der Waals surface area contributed by atoms with E-state index in [0.29, 0.717) is 16.6 Å². The van der Waals surface area contributed by atoms with Crippen LogP contribution >= 0.6 is 11.6 Å². The summed E-state index contributed by atoms with van der Waals surface area (Å²) in [6.45, 7) is 1.82. The molecule has 0 radical (unpaired) electrons. The number of pyridine rings is 1. The van der Waals surface area contributed by atoms with Crippen LogP contribution in [0.4, 0.5) is 5.82 Å². The lowest BCUT2D eigenvalue weighted by Crippen LogP contribution is -2.20. The highest BCUT2D eigenvalue weighted by molar-refractivity contribution is 6.31. The molecule has 2 heterocycles. The van der Waals surface area contributed by atoms with E-state index < -0.39 is 0 Å². The Hall–Kier alpha value is -1.58. The fraction of sp³-hybridized carbons (Fsp3) is 0.312. The lowest BCUT2D eigenvalue weighted by atomic mass is 9.99. The maximum absolute atomic E-state index is 9.25. The van der Waals surface area contributed by atoms with Crippen molar-refractivity contribution in [3.05, 3.63) is 58.7 Å². The molecule has 0 aliphatic carbocycles. The van der Waals surface area contributed by atoms with E-state index in [1.54, 1.807) is 0 Å². The Morgan fingerprint density at radius 2 is 2.00 bits per heavy atom. The molecular weight excluding hydrogens is 272 g/mol. The lowest BCUT2D eigenvalue weighted by Gasteiger charge is -2.18. The van der Waals surface area contributed by atoms with Crippen LogP contribution in [0.15, 0.2) is 42.5 Å². The molecule has 1 atom stereocenters. The fourth-order valence-electron chi connectivity index (χ4n) is 2.73. The molecule has 1 aliphatic rings. The van der Waals surface area contributed by atoms with Crippen LogP contribution in [0.1, 0.15) is 23.6 Å². The van der Waals surface area contributed by atoms with Crippen molar-refractivity contribution >= 4 is 17.4 Å². The van der Waals surface area contributed by atoms with E-state index >= 15 is 0 Å². The van der Waals surface area contributed by atoms with Crippen LogP contribution < -0.4 is 4.90 Å². The SMILES string of the molecule is OCc1nc(N2CCC(c3ccccc3)C2)ccc1Cl. The normalized spacial score (nSPS) is 18.5. The van der Waals surface area contributed by atoms with Crippen LogP contribution in [0.2, 0.25) is 5.02 Å². The van der Waals surface area contributed by atoms with E-state index in [9.17, 15) is 5.11 Å². The second-order valence-electron chi connectivity index (χ2n) is 5.10. The van der Waals surface area contributed by atoms with Gasteiger partial charge in [0.15, 0.2) is 0 Å². The lowest BCUT2D eigenvalue weighted by molar-refractivity contribution is 0.277. The largest absolute Gasteiger partial charge is 0.390 e. The Morgan fingerprint density at radius 3 is 2.75 bits per heavy atom. The van der Waals surface area contributed by atoms with Gasteiger partial charge in [-0.1, -0.05) is 41.9 Å². The number of aliphatic hydroxyl groups excluding tert-OH is 1. The summed E-state index contributed by atoms with van der Waals surface area (Å²) < 4.78 is 0. The standard InChI is InChI=1S/C16H17ClN2O/c17-14-6-7-16(18-15(14)11-20)19-9-8-13(10-19)12-4-2-1-3-5-12/h1-7,13,20H,8-11H2. The van der Waals surface area contributed by atoms with Gasteiger partial charge in [-0.05, 0) is 24.1 Å². The van der Waals surface area contributed by atoms with Crippen LogP contribution in [0.3, 0.4) is 0 Å². The van der Waals surface area contributed by atoms with Crippen molar-refractivity contribution in [2.24, 2.45) is 0 Å². The molecule has 1 fully saturated rings. The molecule has 0 spiro atoms. The molecule has 2 aromatic rings. The monoisotopic (exact) mass is 288 g/mol. The van der Waals surface area contributed by atoms with Gasteiger partial charge in [-0.3, -0.25) is 0 Å². The Labute approximate surface area is 123 Å². The molecule has 4 heteroatoms. The zero-order valence-corrected chi connectivity index (χ0v) is 11.9. The highest BCUT2D eigenvalue weighted by Crippen LogP contribution is 2.30. The van der Waals surface area contributed by atoms with Gasteiger partial charge in [-0.25, -0.2) is 4.98 Å². The molecule has 0 bridgehead atoms. The Morgan fingerprint density at radius 1 is 1.20 bits per heavy atom. The molecule has 0 amide bonds. The van der Waals surface area contributed by atoms with Crippen molar-refractivity contribution in [3.8, 4) is 0 Å². The van der Waals surface area contributed by atoms with Crippen molar-refractivity contribution < 1.29 is 5.11 Å². The Kier molecular flexibility index (Phi) is 3.90. The summed E-state index contributed by atoms with van der Waals surface area (Å²) in [5.41, 5.74) is 1.93. The summed E-state index contributed by atoms with van der Waals surface area (Å²) in [5, 5.41) is 9.77. The summed E-state index contributed by atoms with van der Waals surface area (Å²) in [7, 11) is 0. The maximum atomic E-state index is 9.25. The number of benzene rings is 1. The molecule has 1 aliphatic heterocycles. The van der Waals surface area contributed by atoms with Gasteiger partial charge >= 0.3 is 0 Å². The summed E-state index contributed by atoms with van der Waals surface area (Å²) in [6.07, 6.45) is 1.13. The van der Waals surface area contributed by atoms with E-state index in [1.807, 2.05) is 18.2 Å². The molecule has 3 rings (SSSR count). The maximum Gasteiger partial charge on any atom is 0.129 e. The fourth-order valence-corrected chi connectivity index (χ4v) is 2.89. The van der Waals surface area contributed by atoms with Gasteiger partial charge in [-0.2, -0.15) is 0 Å². The zero-order chi connectivity index (χ0) is 13.9. The Bertz CT molecular complexity index is 588. The minimum absolute atomic E-state index is 0.122. The zero-order valence-electron chi connectivity index (χ0n) is 11.2. The van der Waals surface area contributed by atoms with E-state index in [2.05, 4.69) is 34.1 Å². The van der Waals surface area contributed by atoms with Crippen molar-refractivity contribution in [1.82, 2.24) is 4.98 Å². The van der Waals surface area contributed by atoms with E-state index in [4.69, 9.17) is 11.6 Å². The second-order valence-corrected chi connectivity index (χ2v) is 5.51. The van der Waals surface area contributed by atoms with E-state index in [0.717, 1.165) is 25.3 Å². The molecule has 0 saturated carbocycles. The molecule has 1 N–H and O–H groups in total. The number of halogens is 1. The third-order valence-corrected chi connectivity index (χ3v) is 4.18. The van der Waals surface area contributed by atoms with Crippen molar-refractivity contribution in [1.29, 1.82) is 0 Å². The first kappa shape index (κ1) is 13.4. The van der Waals surface area contributed by atoms with Crippen LogP contribution in [-0.4, -0.2) is 23.2 Å². The number of hydrogen-bond donors (Lipinski definition) is 1. The average Bonchev–Trinajstić information content (AvgIpc) is 2.98. The third-order valence-electron chi connectivity index (χ3n) is 3.84. The van der Waals surface area contributed by atoms with Crippen molar-refractivity contribution in [3.63, 3.8) is 0 Å². The van der Waals surface area contributed by atoms with Gasteiger partial charge in [0.1, 0.15) is 5.82 Å². The van der Waals surface area contributed by atoms with Gasteiger partial charge in [0.05, 0.1) is 17.3 Å². The van der Waals surface area contributed by atoms with Gasteiger partial charge in [-0.15, -0.1) is 0 Å². The van der Waals surface area contributed by atoms with Crippen LogP contribution in [0, 0.1) is 0 Å². The number of hydrogen-bond acceptors (Lipinski definition) is 3. The molecule has 1 aromatic heterocycles. The third kappa shape index (κ3) is 2.65. The minimum atomic E-state index is -0.122. The number of aromatic nitrogens is 1. The first-order valence-electron chi connectivity index (χ1n) is 6.84. The molecule has 1 saturated heterocycles. The quantitative estimate of drug-likeness (QED) is 0.942. The summed E-state index contributed by atoms with van der Waals surface area (Å²) in [4.78, 5) is 6.70. The smallest absolute Gasteiger partial charge is 0.129 e. The molecule has 3 nitrogen and oxygen atoms in total. The molecule has 20 heavy (non-hydrogen) atoms. The molecule has 104 valence electrons. The first-order valence-corrected chi connectivity index (χ1v) is 7.22. The van der Waals surface area contributed by atoms with Gasteiger partial charge < -0.3 is 10.0 Å². The van der Waals surface area contributed by atoms with Gasteiger partial charge in [0.2, 0.25) is 0 Å². The second kappa shape index (κ2) is 5.81. The average molecular weight is 289 g/mol. The summed E-state index contributed by atoms with van der Waals surface area (Å²) >= 11 is 5.99. The van der Waals surface area contributed by atoms with Crippen molar-refractivity contribution in [2.45, 2.75) is 18.9 Å². The Balaban J connectivity index is 1.77. The molecule has 1 aromatic carbocycles. The topological polar surface area (TPSA) is 36.4 Å². The number of nitrogens with zero attached hydrogens (tertiary/aromatic N) is 2. The van der Waals surface area contributed by atoms with E-state index in [-0.39, 0.29) is 6.61 Å². The number of aliphatic hydroxyl groups is 1. The molecular formula is C16H17ClN2O. The van der Waals surface area contributed by atoms with Gasteiger partial charge in [0, 0.05) is 19.0 Å². The van der Waals surface area contributed by atoms with Crippen LogP contribution in [0.5, 0.6) is 0 Å². The molecule has 1 unspecified atom stereocenters. The van der Waals surface area contributed by atoms with E-state index in [1.165, 1.54) is 5.56 Å². The predicted molar refractivity (Wildman–Crippen MR) is 81.2 cm³/mol. The van der Waals surface area contributed by atoms with Crippen molar-refractivity contribution in [2.75, 3.05) is 18.0 Å². The van der Waals surface area contributed by atoms with Gasteiger partial charge in [0.25, 0.3) is 0 Å². The summed E-state index contributed by atoms with van der Waals surface area (Å²) in [5.74, 6) is 1.45. The minimum Gasteiger partial charge on any atom is -0.390 e. The van der Waals surface area contributed by atoms with Crippen LogP contribution in [-0.2, 0) is 6.61 Å².